The Bertz CT molecular complexity index is 574. The third kappa shape index (κ3) is 2.59. The summed E-state index contributed by atoms with van der Waals surface area (Å²) in [5.41, 5.74) is 9.14. The number of hydrogen-bond acceptors (Lipinski definition) is 4. The Morgan fingerprint density at radius 1 is 1.00 bits per heavy atom. The van der Waals surface area contributed by atoms with Gasteiger partial charge in [-0.05, 0) is 50.5 Å². The first-order valence-electron chi connectivity index (χ1n) is 5.82. The predicted molar refractivity (Wildman–Crippen MR) is 71.9 cm³/mol. The molecule has 0 radical (unpaired) electrons. The molecule has 0 atom stereocenters. The van der Waals surface area contributed by atoms with Crippen molar-refractivity contribution in [3.8, 4) is 11.6 Å². The van der Waals surface area contributed by atoms with Gasteiger partial charge >= 0.3 is 0 Å². The molecule has 0 spiro atoms. The van der Waals surface area contributed by atoms with Crippen molar-refractivity contribution in [3.05, 3.63) is 40.7 Å². The van der Waals surface area contributed by atoms with Gasteiger partial charge in [-0.15, -0.1) is 0 Å². The molecule has 4 heteroatoms. The molecule has 1 aromatic heterocycles. The zero-order chi connectivity index (χ0) is 13.3. The lowest BCUT2D eigenvalue weighted by Crippen LogP contribution is -1.99. The number of nitrogen functional groups attached to an aromatic ring is 1. The number of aryl methyl sites for hydroxylation is 3. The molecule has 4 nitrogen and oxygen atoms in total. The maximum absolute atomic E-state index is 5.80. The summed E-state index contributed by atoms with van der Waals surface area (Å²) in [4.78, 5) is 8.24. The molecule has 18 heavy (non-hydrogen) atoms. The highest BCUT2D eigenvalue weighted by molar-refractivity contribution is 5.44. The van der Waals surface area contributed by atoms with Crippen molar-refractivity contribution in [3.63, 3.8) is 0 Å². The molecule has 0 aliphatic heterocycles. The number of nitrogens with zero attached hydrogens (tertiary/aromatic N) is 2. The van der Waals surface area contributed by atoms with Gasteiger partial charge in [-0.1, -0.05) is 6.07 Å². The average molecular weight is 243 g/mol. The first-order valence-corrected chi connectivity index (χ1v) is 5.82. The van der Waals surface area contributed by atoms with Crippen LogP contribution in [0.5, 0.6) is 11.6 Å². The second-order valence-corrected chi connectivity index (χ2v) is 4.49. The lowest BCUT2D eigenvalue weighted by atomic mass is 10.1. The summed E-state index contributed by atoms with van der Waals surface area (Å²) in [6, 6.07) is 5.75. The molecular formula is C14H17N3O. The van der Waals surface area contributed by atoms with E-state index >= 15 is 0 Å². The lowest BCUT2D eigenvalue weighted by molar-refractivity contribution is 0.456. The standard InChI is InChI=1S/C14H17N3O/c1-8-5-9(2)10(3)12(6-8)18-14-7-13(15)16-11(4)17-14/h5-7H,1-4H3,(H2,15,16,17). The first kappa shape index (κ1) is 12.4. The Hall–Kier alpha value is -2.10. The van der Waals surface area contributed by atoms with E-state index in [0.29, 0.717) is 17.5 Å². The molecule has 0 fully saturated rings. The third-order valence-electron chi connectivity index (χ3n) is 2.81. The summed E-state index contributed by atoms with van der Waals surface area (Å²) >= 11 is 0. The SMILES string of the molecule is Cc1cc(C)c(C)c(Oc2cc(N)nc(C)n2)c1. The number of anilines is 1. The van der Waals surface area contributed by atoms with Crippen molar-refractivity contribution in [2.75, 3.05) is 5.73 Å². The molecule has 1 heterocycles. The number of ether oxygens (including phenoxy) is 1. The molecule has 0 unspecified atom stereocenters. The molecule has 2 rings (SSSR count). The number of hydrogen-bond donors (Lipinski definition) is 1. The first-order chi connectivity index (χ1) is 8.45. The van der Waals surface area contributed by atoms with Gasteiger partial charge in [0.25, 0.3) is 0 Å². The van der Waals surface area contributed by atoms with Crippen LogP contribution in [-0.4, -0.2) is 9.97 Å². The summed E-state index contributed by atoms with van der Waals surface area (Å²) in [5.74, 6) is 2.31. The van der Waals surface area contributed by atoms with Crippen LogP contribution in [0.4, 0.5) is 5.82 Å². The molecule has 1 aromatic carbocycles. The average Bonchev–Trinajstić information content (AvgIpc) is 2.23. The van der Waals surface area contributed by atoms with Gasteiger partial charge in [0.05, 0.1) is 0 Å². The largest absolute Gasteiger partial charge is 0.439 e. The van der Waals surface area contributed by atoms with Crippen molar-refractivity contribution in [1.29, 1.82) is 0 Å². The Morgan fingerprint density at radius 3 is 2.39 bits per heavy atom. The van der Waals surface area contributed by atoms with E-state index in [-0.39, 0.29) is 0 Å². The van der Waals surface area contributed by atoms with Crippen molar-refractivity contribution in [2.24, 2.45) is 0 Å². The maximum Gasteiger partial charge on any atom is 0.224 e. The van der Waals surface area contributed by atoms with E-state index in [1.54, 1.807) is 13.0 Å². The normalized spacial score (nSPS) is 10.4. The molecule has 94 valence electrons. The van der Waals surface area contributed by atoms with E-state index in [1.165, 1.54) is 5.56 Å². The van der Waals surface area contributed by atoms with E-state index in [0.717, 1.165) is 16.9 Å². The number of benzene rings is 1. The summed E-state index contributed by atoms with van der Waals surface area (Å²) < 4.78 is 5.80. The lowest BCUT2D eigenvalue weighted by Gasteiger charge is -2.11. The van der Waals surface area contributed by atoms with Gasteiger partial charge in [0.2, 0.25) is 5.88 Å². The molecule has 0 aliphatic carbocycles. The van der Waals surface area contributed by atoms with Crippen molar-refractivity contribution in [2.45, 2.75) is 27.7 Å². The molecule has 0 bridgehead atoms. The molecule has 0 aliphatic rings. The zero-order valence-electron chi connectivity index (χ0n) is 11.1. The monoisotopic (exact) mass is 243 g/mol. The van der Waals surface area contributed by atoms with Gasteiger partial charge in [-0.2, -0.15) is 4.98 Å². The smallest absolute Gasteiger partial charge is 0.224 e. The fourth-order valence-electron chi connectivity index (χ4n) is 1.83. The maximum atomic E-state index is 5.80. The van der Waals surface area contributed by atoms with E-state index in [1.807, 2.05) is 19.9 Å². The minimum Gasteiger partial charge on any atom is -0.439 e. The Labute approximate surface area is 107 Å². The van der Waals surface area contributed by atoms with Crippen molar-refractivity contribution < 1.29 is 4.74 Å². The molecule has 0 saturated carbocycles. The van der Waals surface area contributed by atoms with E-state index in [4.69, 9.17) is 10.5 Å². The highest BCUT2D eigenvalue weighted by Crippen LogP contribution is 2.27. The Balaban J connectivity index is 2.39. The minimum atomic E-state index is 0.416. The van der Waals surface area contributed by atoms with Crippen LogP contribution in [0.2, 0.25) is 0 Å². The number of rotatable bonds is 2. The molecular weight excluding hydrogens is 226 g/mol. The number of nitrogens with two attached hydrogens (primary N) is 1. The summed E-state index contributed by atoms with van der Waals surface area (Å²) in [6.45, 7) is 7.92. The Kier molecular flexibility index (Phi) is 3.19. The fourth-order valence-corrected chi connectivity index (χ4v) is 1.83. The molecule has 2 N–H and O–H groups in total. The Morgan fingerprint density at radius 2 is 1.72 bits per heavy atom. The van der Waals surface area contributed by atoms with Crippen LogP contribution in [-0.2, 0) is 0 Å². The van der Waals surface area contributed by atoms with Gasteiger partial charge in [0.15, 0.2) is 0 Å². The quantitative estimate of drug-likeness (QED) is 0.880. The van der Waals surface area contributed by atoms with Crippen LogP contribution < -0.4 is 10.5 Å². The van der Waals surface area contributed by atoms with Crippen LogP contribution in [0.1, 0.15) is 22.5 Å². The van der Waals surface area contributed by atoms with Gasteiger partial charge in [0, 0.05) is 6.07 Å². The van der Waals surface area contributed by atoms with Gasteiger partial charge in [0.1, 0.15) is 17.4 Å². The van der Waals surface area contributed by atoms with E-state index in [9.17, 15) is 0 Å². The summed E-state index contributed by atoms with van der Waals surface area (Å²) in [5, 5.41) is 0. The summed E-state index contributed by atoms with van der Waals surface area (Å²) in [6.07, 6.45) is 0. The van der Waals surface area contributed by atoms with Crippen molar-refractivity contribution in [1.82, 2.24) is 9.97 Å². The third-order valence-corrected chi connectivity index (χ3v) is 2.81. The second-order valence-electron chi connectivity index (χ2n) is 4.49. The van der Waals surface area contributed by atoms with Crippen molar-refractivity contribution >= 4 is 5.82 Å². The van der Waals surface area contributed by atoms with E-state index < -0.39 is 0 Å². The summed E-state index contributed by atoms with van der Waals surface area (Å²) in [7, 11) is 0. The van der Waals surface area contributed by atoms with Crippen LogP contribution in [0, 0.1) is 27.7 Å². The van der Waals surface area contributed by atoms with Gasteiger partial charge < -0.3 is 10.5 Å². The van der Waals surface area contributed by atoms with Crippen LogP contribution in [0.25, 0.3) is 0 Å². The second kappa shape index (κ2) is 4.64. The topological polar surface area (TPSA) is 61.0 Å². The van der Waals surface area contributed by atoms with Crippen LogP contribution in [0.3, 0.4) is 0 Å². The molecule has 2 aromatic rings. The predicted octanol–water partition coefficient (Wildman–Crippen LogP) is 3.08. The van der Waals surface area contributed by atoms with E-state index in [2.05, 4.69) is 23.0 Å². The highest BCUT2D eigenvalue weighted by atomic mass is 16.5. The van der Waals surface area contributed by atoms with Gasteiger partial charge in [-0.25, -0.2) is 4.98 Å². The molecule has 0 amide bonds. The highest BCUT2D eigenvalue weighted by Gasteiger charge is 2.07. The molecule has 0 saturated heterocycles. The van der Waals surface area contributed by atoms with Crippen LogP contribution in [0.15, 0.2) is 18.2 Å². The van der Waals surface area contributed by atoms with Crippen LogP contribution >= 0.6 is 0 Å². The fraction of sp³-hybridized carbons (Fsp3) is 0.286. The zero-order valence-corrected chi connectivity index (χ0v) is 11.1. The van der Waals surface area contributed by atoms with Gasteiger partial charge in [-0.3, -0.25) is 0 Å². The number of aromatic nitrogens is 2. The minimum absolute atomic E-state index is 0.416.